The number of carbonyl (C=O) groups excluding carboxylic acids is 2. The van der Waals surface area contributed by atoms with Crippen LogP contribution in [0.4, 0.5) is 5.95 Å². The fourth-order valence-electron chi connectivity index (χ4n) is 2.98. The van der Waals surface area contributed by atoms with E-state index in [0.717, 1.165) is 19.4 Å². The Balaban J connectivity index is 1.79. The Morgan fingerprint density at radius 2 is 2.10 bits per heavy atom. The third kappa shape index (κ3) is 2.55. The predicted octanol–water partition coefficient (Wildman–Crippen LogP) is -0.208. The van der Waals surface area contributed by atoms with E-state index in [1.165, 1.54) is 0 Å². The highest BCUT2D eigenvalue weighted by molar-refractivity contribution is 5.92. The number of aromatic nitrogens is 2. The van der Waals surface area contributed by atoms with Gasteiger partial charge in [-0.25, -0.2) is 9.97 Å². The minimum absolute atomic E-state index is 0.00213. The van der Waals surface area contributed by atoms with Gasteiger partial charge in [-0.3, -0.25) is 9.59 Å². The van der Waals surface area contributed by atoms with Crippen LogP contribution in [0, 0.1) is 0 Å². The monoisotopic (exact) mass is 289 g/mol. The molecule has 0 radical (unpaired) electrons. The van der Waals surface area contributed by atoms with Gasteiger partial charge >= 0.3 is 0 Å². The molecule has 0 bridgehead atoms. The summed E-state index contributed by atoms with van der Waals surface area (Å²) < 4.78 is 0. The Bertz CT molecular complexity index is 535. The first-order valence-electron chi connectivity index (χ1n) is 7.30. The average molecular weight is 289 g/mol. The summed E-state index contributed by atoms with van der Waals surface area (Å²) in [5.41, 5.74) is 0. The second kappa shape index (κ2) is 5.67. The summed E-state index contributed by atoms with van der Waals surface area (Å²) >= 11 is 0. The lowest BCUT2D eigenvalue weighted by Gasteiger charge is -2.36. The highest BCUT2D eigenvalue weighted by Crippen LogP contribution is 2.24. The van der Waals surface area contributed by atoms with Gasteiger partial charge in [-0.1, -0.05) is 0 Å². The molecule has 3 rings (SSSR count). The van der Waals surface area contributed by atoms with Crippen molar-refractivity contribution in [2.45, 2.75) is 31.8 Å². The van der Waals surface area contributed by atoms with E-state index in [4.69, 9.17) is 0 Å². The zero-order valence-electron chi connectivity index (χ0n) is 12.0. The maximum atomic E-state index is 12.8. The van der Waals surface area contributed by atoms with Gasteiger partial charge in [0.05, 0.1) is 0 Å². The molecule has 1 aromatic heterocycles. The van der Waals surface area contributed by atoms with Gasteiger partial charge < -0.3 is 15.1 Å². The molecule has 2 atom stereocenters. The fourth-order valence-corrected chi connectivity index (χ4v) is 2.98. The van der Waals surface area contributed by atoms with Crippen molar-refractivity contribution in [1.82, 2.24) is 20.2 Å². The second-order valence-corrected chi connectivity index (χ2v) is 5.40. The number of nitrogens with one attached hydrogen (secondary N) is 1. The molecule has 0 saturated carbocycles. The molecule has 2 aliphatic heterocycles. The van der Waals surface area contributed by atoms with E-state index in [-0.39, 0.29) is 17.9 Å². The van der Waals surface area contributed by atoms with E-state index in [0.29, 0.717) is 19.0 Å². The van der Waals surface area contributed by atoms with Gasteiger partial charge in [-0.15, -0.1) is 0 Å². The summed E-state index contributed by atoms with van der Waals surface area (Å²) in [6.45, 7) is 3.62. The van der Waals surface area contributed by atoms with Crippen molar-refractivity contribution in [2.24, 2.45) is 0 Å². The molecule has 3 heterocycles. The van der Waals surface area contributed by atoms with Gasteiger partial charge in [0.25, 0.3) is 0 Å². The van der Waals surface area contributed by atoms with Crippen LogP contribution in [0.5, 0.6) is 0 Å². The summed E-state index contributed by atoms with van der Waals surface area (Å²) in [4.78, 5) is 36.6. The van der Waals surface area contributed by atoms with E-state index in [1.54, 1.807) is 30.3 Å². The molecule has 2 fully saturated rings. The summed E-state index contributed by atoms with van der Waals surface area (Å²) in [5.74, 6) is 0.500. The third-order valence-corrected chi connectivity index (χ3v) is 4.13. The Morgan fingerprint density at radius 3 is 2.86 bits per heavy atom. The van der Waals surface area contributed by atoms with E-state index in [2.05, 4.69) is 15.3 Å². The van der Waals surface area contributed by atoms with Crippen molar-refractivity contribution in [3.63, 3.8) is 0 Å². The van der Waals surface area contributed by atoms with Gasteiger partial charge in [0, 0.05) is 32.0 Å². The number of piperazine rings is 1. The highest BCUT2D eigenvalue weighted by atomic mass is 16.2. The standard InChI is InChI=1S/C14H19N5O2/c1-10-12(20)15-7-9-18(10)13(21)11-4-2-8-19(11)14-16-5-3-6-17-14/h3,5-6,10-11H,2,4,7-9H2,1H3,(H,15,20). The van der Waals surface area contributed by atoms with Gasteiger partial charge in [0.15, 0.2) is 0 Å². The average Bonchev–Trinajstić information content (AvgIpc) is 3.00. The molecule has 0 aromatic carbocycles. The predicted molar refractivity (Wildman–Crippen MR) is 76.6 cm³/mol. The topological polar surface area (TPSA) is 78.4 Å². The third-order valence-electron chi connectivity index (χ3n) is 4.13. The molecular weight excluding hydrogens is 270 g/mol. The Kier molecular flexibility index (Phi) is 3.72. The minimum Gasteiger partial charge on any atom is -0.353 e. The van der Waals surface area contributed by atoms with Gasteiger partial charge in [0.1, 0.15) is 12.1 Å². The lowest BCUT2D eigenvalue weighted by atomic mass is 10.1. The molecule has 1 aromatic rings. The van der Waals surface area contributed by atoms with Crippen molar-refractivity contribution in [3.8, 4) is 0 Å². The van der Waals surface area contributed by atoms with Gasteiger partial charge in [-0.05, 0) is 25.8 Å². The number of hydrogen-bond acceptors (Lipinski definition) is 5. The molecule has 2 amide bonds. The van der Waals surface area contributed by atoms with E-state index in [1.807, 2.05) is 4.90 Å². The lowest BCUT2D eigenvalue weighted by Crippen LogP contribution is -2.59. The molecule has 2 unspecified atom stereocenters. The maximum Gasteiger partial charge on any atom is 0.246 e. The van der Waals surface area contributed by atoms with E-state index in [9.17, 15) is 9.59 Å². The maximum absolute atomic E-state index is 12.8. The molecule has 2 saturated heterocycles. The number of amides is 2. The van der Waals surface area contributed by atoms with Crippen LogP contribution in [0.2, 0.25) is 0 Å². The quantitative estimate of drug-likeness (QED) is 0.815. The zero-order chi connectivity index (χ0) is 14.8. The number of hydrogen-bond donors (Lipinski definition) is 1. The van der Waals surface area contributed by atoms with Gasteiger partial charge in [0.2, 0.25) is 17.8 Å². The lowest BCUT2D eigenvalue weighted by molar-refractivity contribution is -0.143. The number of anilines is 1. The van der Waals surface area contributed by atoms with Crippen LogP contribution >= 0.6 is 0 Å². The van der Waals surface area contributed by atoms with Crippen molar-refractivity contribution in [3.05, 3.63) is 18.5 Å². The highest BCUT2D eigenvalue weighted by Gasteiger charge is 2.39. The summed E-state index contributed by atoms with van der Waals surface area (Å²) in [5, 5.41) is 2.78. The van der Waals surface area contributed by atoms with E-state index < -0.39 is 6.04 Å². The first-order chi connectivity index (χ1) is 10.2. The van der Waals surface area contributed by atoms with Crippen molar-refractivity contribution < 1.29 is 9.59 Å². The summed E-state index contributed by atoms with van der Waals surface area (Å²) in [6.07, 6.45) is 5.07. The number of carbonyl (C=O) groups is 2. The fraction of sp³-hybridized carbons (Fsp3) is 0.571. The van der Waals surface area contributed by atoms with Gasteiger partial charge in [-0.2, -0.15) is 0 Å². The minimum atomic E-state index is -0.412. The summed E-state index contributed by atoms with van der Waals surface area (Å²) in [6, 6.07) is 1.08. The molecule has 0 aliphatic carbocycles. The van der Waals surface area contributed by atoms with Crippen molar-refractivity contribution >= 4 is 17.8 Å². The van der Waals surface area contributed by atoms with Crippen LogP contribution in [0.3, 0.4) is 0 Å². The smallest absolute Gasteiger partial charge is 0.246 e. The Labute approximate surface area is 123 Å². The SMILES string of the molecule is CC1C(=O)NCCN1C(=O)C1CCCN1c1ncccn1. The van der Waals surface area contributed by atoms with Crippen LogP contribution in [0.1, 0.15) is 19.8 Å². The van der Waals surface area contributed by atoms with E-state index >= 15 is 0 Å². The zero-order valence-corrected chi connectivity index (χ0v) is 12.0. The molecule has 7 heteroatoms. The van der Waals surface area contributed by atoms with Crippen LogP contribution < -0.4 is 10.2 Å². The number of rotatable bonds is 2. The first-order valence-corrected chi connectivity index (χ1v) is 7.30. The van der Waals surface area contributed by atoms with Crippen molar-refractivity contribution in [2.75, 3.05) is 24.5 Å². The molecule has 112 valence electrons. The molecule has 2 aliphatic rings. The molecule has 7 nitrogen and oxygen atoms in total. The van der Waals surface area contributed by atoms with Crippen LogP contribution in [-0.4, -0.2) is 58.4 Å². The molecule has 1 N–H and O–H groups in total. The molecule has 0 spiro atoms. The number of nitrogens with zero attached hydrogens (tertiary/aromatic N) is 4. The first kappa shape index (κ1) is 13.8. The van der Waals surface area contributed by atoms with Crippen LogP contribution in [-0.2, 0) is 9.59 Å². The molecule has 21 heavy (non-hydrogen) atoms. The van der Waals surface area contributed by atoms with Crippen molar-refractivity contribution in [1.29, 1.82) is 0 Å². The summed E-state index contributed by atoms with van der Waals surface area (Å²) in [7, 11) is 0. The normalized spacial score (nSPS) is 25.9. The van der Waals surface area contributed by atoms with Crippen LogP contribution in [0.15, 0.2) is 18.5 Å². The largest absolute Gasteiger partial charge is 0.353 e. The molecular formula is C14H19N5O2. The second-order valence-electron chi connectivity index (χ2n) is 5.40. The Hall–Kier alpha value is -2.18. The Morgan fingerprint density at radius 1 is 1.33 bits per heavy atom. The van der Waals surface area contributed by atoms with Crippen LogP contribution in [0.25, 0.3) is 0 Å².